The molecule has 1 N–H and O–H groups in total. The minimum Gasteiger partial charge on any atom is -0.369 e. The topological polar surface area (TPSA) is 62.3 Å². The Hall–Kier alpha value is -1.14. The fourth-order valence-corrected chi connectivity index (χ4v) is 2.88. The summed E-state index contributed by atoms with van der Waals surface area (Å²) in [5, 5.41) is 2.96. The molecule has 0 saturated heterocycles. The van der Waals surface area contributed by atoms with Gasteiger partial charge in [-0.15, -0.1) is 0 Å². The molecule has 0 aliphatic carbocycles. The van der Waals surface area contributed by atoms with E-state index in [-0.39, 0.29) is 4.90 Å². The molecule has 1 aromatic heterocycles. The first kappa shape index (κ1) is 13.9. The van der Waals surface area contributed by atoms with Gasteiger partial charge in [0.05, 0.1) is 0 Å². The monoisotopic (exact) mass is 257 g/mol. The number of nitrogens with zero attached hydrogens (tertiary/aromatic N) is 2. The van der Waals surface area contributed by atoms with Crippen LogP contribution in [0.3, 0.4) is 0 Å². The molecule has 0 atom stereocenters. The van der Waals surface area contributed by atoms with E-state index in [4.69, 9.17) is 0 Å². The Balaban J connectivity index is 3.14. The largest absolute Gasteiger partial charge is 0.369 e. The van der Waals surface area contributed by atoms with E-state index in [9.17, 15) is 8.42 Å². The van der Waals surface area contributed by atoms with Crippen LogP contribution in [0, 0.1) is 0 Å². The quantitative estimate of drug-likeness (QED) is 0.839. The first-order valence-corrected chi connectivity index (χ1v) is 7.13. The molecule has 1 aromatic rings. The van der Waals surface area contributed by atoms with Gasteiger partial charge in [-0.25, -0.2) is 17.7 Å². The van der Waals surface area contributed by atoms with Crippen LogP contribution in [-0.2, 0) is 10.0 Å². The van der Waals surface area contributed by atoms with Crippen LogP contribution < -0.4 is 5.32 Å². The molecule has 0 bridgehead atoms. The van der Waals surface area contributed by atoms with Gasteiger partial charge in [0.1, 0.15) is 10.7 Å². The lowest BCUT2D eigenvalue weighted by atomic mass is 10.4. The summed E-state index contributed by atoms with van der Waals surface area (Å²) in [5.74, 6) is 0.415. The third kappa shape index (κ3) is 3.17. The maximum Gasteiger partial charge on any atom is 0.246 e. The fourth-order valence-electron chi connectivity index (χ4n) is 1.50. The third-order valence-electron chi connectivity index (χ3n) is 2.34. The van der Waals surface area contributed by atoms with Gasteiger partial charge in [-0.2, -0.15) is 0 Å². The molecule has 6 heteroatoms. The van der Waals surface area contributed by atoms with Crippen molar-refractivity contribution >= 4 is 15.8 Å². The van der Waals surface area contributed by atoms with E-state index < -0.39 is 10.0 Å². The predicted octanol–water partition coefficient (Wildman–Crippen LogP) is 1.54. The smallest absolute Gasteiger partial charge is 0.246 e. The van der Waals surface area contributed by atoms with Gasteiger partial charge in [-0.1, -0.05) is 6.92 Å². The van der Waals surface area contributed by atoms with Crippen LogP contribution in [0.5, 0.6) is 0 Å². The summed E-state index contributed by atoms with van der Waals surface area (Å²) in [6, 6.07) is 3.21. The molecule has 0 spiro atoms. The van der Waals surface area contributed by atoms with Crippen LogP contribution in [0.4, 0.5) is 5.82 Å². The molecule has 96 valence electrons. The van der Waals surface area contributed by atoms with E-state index in [1.165, 1.54) is 4.31 Å². The van der Waals surface area contributed by atoms with Crippen LogP contribution in [0.25, 0.3) is 0 Å². The van der Waals surface area contributed by atoms with Crippen LogP contribution in [-0.4, -0.2) is 37.8 Å². The van der Waals surface area contributed by atoms with Crippen LogP contribution in [0.15, 0.2) is 23.2 Å². The Labute approximate surface area is 103 Å². The van der Waals surface area contributed by atoms with Gasteiger partial charge in [0, 0.05) is 26.3 Å². The molecule has 0 amide bonds. The predicted molar refractivity (Wildman–Crippen MR) is 68.5 cm³/mol. The molecular weight excluding hydrogens is 238 g/mol. The molecule has 1 heterocycles. The van der Waals surface area contributed by atoms with Crippen LogP contribution in [0.1, 0.15) is 20.3 Å². The minimum atomic E-state index is -3.45. The summed E-state index contributed by atoms with van der Waals surface area (Å²) in [6.45, 7) is 4.99. The van der Waals surface area contributed by atoms with Crippen molar-refractivity contribution in [3.05, 3.63) is 18.3 Å². The second-order valence-electron chi connectivity index (χ2n) is 3.71. The summed E-state index contributed by atoms with van der Waals surface area (Å²) in [7, 11) is -1.86. The summed E-state index contributed by atoms with van der Waals surface area (Å²) in [6.07, 6.45) is 2.36. The molecule has 1 rings (SSSR count). The second-order valence-corrected chi connectivity index (χ2v) is 5.72. The van der Waals surface area contributed by atoms with Crippen LogP contribution >= 0.6 is 0 Å². The average Bonchev–Trinajstić information content (AvgIpc) is 2.30. The number of sulfonamides is 1. The van der Waals surface area contributed by atoms with Crippen molar-refractivity contribution in [2.75, 3.05) is 25.5 Å². The zero-order valence-electron chi connectivity index (χ0n) is 10.5. The Morgan fingerprint density at radius 1 is 1.41 bits per heavy atom. The highest BCUT2D eigenvalue weighted by Crippen LogP contribution is 2.21. The Morgan fingerprint density at radius 2 is 2.12 bits per heavy atom. The van der Waals surface area contributed by atoms with E-state index >= 15 is 0 Å². The molecule has 0 aromatic carbocycles. The lowest BCUT2D eigenvalue weighted by molar-refractivity contribution is 0.468. The third-order valence-corrected chi connectivity index (χ3v) is 4.23. The molecule has 0 unspecified atom stereocenters. The van der Waals surface area contributed by atoms with Crippen molar-refractivity contribution in [1.82, 2.24) is 9.29 Å². The van der Waals surface area contributed by atoms with E-state index in [1.807, 2.05) is 13.8 Å². The lowest BCUT2D eigenvalue weighted by Crippen LogP contribution is -2.28. The normalized spacial score (nSPS) is 11.8. The first-order valence-electron chi connectivity index (χ1n) is 5.69. The van der Waals surface area contributed by atoms with E-state index in [2.05, 4.69) is 10.3 Å². The molecule has 17 heavy (non-hydrogen) atoms. The van der Waals surface area contributed by atoms with Crippen molar-refractivity contribution in [2.24, 2.45) is 0 Å². The van der Waals surface area contributed by atoms with Crippen molar-refractivity contribution in [3.63, 3.8) is 0 Å². The molecule has 0 fully saturated rings. The molecular formula is C11H19N3O2S. The number of anilines is 1. The zero-order chi connectivity index (χ0) is 12.9. The summed E-state index contributed by atoms with van der Waals surface area (Å²) >= 11 is 0. The maximum atomic E-state index is 12.3. The summed E-state index contributed by atoms with van der Waals surface area (Å²) in [5.41, 5.74) is 0. The summed E-state index contributed by atoms with van der Waals surface area (Å²) < 4.78 is 25.9. The van der Waals surface area contributed by atoms with Gasteiger partial charge in [-0.05, 0) is 25.5 Å². The van der Waals surface area contributed by atoms with Gasteiger partial charge < -0.3 is 5.32 Å². The number of aromatic nitrogens is 1. The minimum absolute atomic E-state index is 0.234. The molecule has 0 radical (unpaired) electrons. The highest BCUT2D eigenvalue weighted by atomic mass is 32.2. The van der Waals surface area contributed by atoms with E-state index in [0.29, 0.717) is 18.9 Å². The van der Waals surface area contributed by atoms with E-state index in [1.54, 1.807) is 25.4 Å². The van der Waals surface area contributed by atoms with Crippen molar-refractivity contribution in [1.29, 1.82) is 0 Å². The number of nitrogens with one attached hydrogen (secondary N) is 1. The Bertz CT molecular complexity index is 460. The average molecular weight is 257 g/mol. The number of hydrogen-bond acceptors (Lipinski definition) is 4. The zero-order valence-corrected chi connectivity index (χ0v) is 11.3. The second kappa shape index (κ2) is 5.97. The van der Waals surface area contributed by atoms with Gasteiger partial charge in [0.25, 0.3) is 0 Å². The van der Waals surface area contributed by atoms with Crippen LogP contribution in [0.2, 0.25) is 0 Å². The molecule has 0 aliphatic rings. The highest BCUT2D eigenvalue weighted by Gasteiger charge is 2.23. The molecule has 0 saturated carbocycles. The van der Waals surface area contributed by atoms with Crippen molar-refractivity contribution in [2.45, 2.75) is 25.2 Å². The van der Waals surface area contributed by atoms with E-state index in [0.717, 1.165) is 6.42 Å². The number of pyridine rings is 1. The van der Waals surface area contributed by atoms with Gasteiger partial charge in [0.2, 0.25) is 10.0 Å². The Morgan fingerprint density at radius 3 is 2.71 bits per heavy atom. The molecule has 0 aliphatic heterocycles. The van der Waals surface area contributed by atoms with Gasteiger partial charge in [-0.3, -0.25) is 0 Å². The number of hydrogen-bond donors (Lipinski definition) is 1. The number of rotatable bonds is 6. The highest BCUT2D eigenvalue weighted by molar-refractivity contribution is 7.89. The standard InChI is InChI=1S/C11H19N3O2S/c1-4-9-14(3)17(15,16)10-7-6-8-13-11(10)12-5-2/h6-8H,4-5,9H2,1-3H3,(H,12,13). The SMILES string of the molecule is CCCN(C)S(=O)(=O)c1cccnc1NCC. The summed E-state index contributed by atoms with van der Waals surface area (Å²) in [4.78, 5) is 4.29. The first-order chi connectivity index (χ1) is 8.04. The Kier molecular flexibility index (Phi) is 4.89. The van der Waals surface area contributed by atoms with Crippen molar-refractivity contribution < 1.29 is 8.42 Å². The maximum absolute atomic E-state index is 12.3. The lowest BCUT2D eigenvalue weighted by Gasteiger charge is -2.18. The van der Waals surface area contributed by atoms with Crippen molar-refractivity contribution in [3.8, 4) is 0 Å². The van der Waals surface area contributed by atoms with Gasteiger partial charge in [0.15, 0.2) is 0 Å². The van der Waals surface area contributed by atoms with Gasteiger partial charge >= 0.3 is 0 Å². The fraction of sp³-hybridized carbons (Fsp3) is 0.545. The molecule has 5 nitrogen and oxygen atoms in total.